The second kappa shape index (κ2) is 8.02. The Morgan fingerprint density at radius 1 is 0.897 bits per heavy atom. The number of rotatable bonds is 5. The molecule has 0 spiro atoms. The van der Waals surface area contributed by atoms with Crippen molar-refractivity contribution in [2.45, 2.75) is 19.9 Å². The first-order valence-electron chi connectivity index (χ1n) is 9.28. The maximum Gasteiger partial charge on any atom is 0.223 e. The second-order valence-electron chi connectivity index (χ2n) is 6.79. The standard InChI is InChI=1S/C22H21N7/c1-14-3-5-16(6-4-14)21-18(17-7-8-20(23)25-11-17)12-26-22(29-21)28-15(2)19-9-10-24-13-27-19/h3-13,15H,1-2H3,(H2,23,25)(H,26,28,29)/t15-/m1/s1. The molecule has 4 aromatic rings. The van der Waals surface area contributed by atoms with Crippen LogP contribution >= 0.6 is 0 Å². The molecule has 29 heavy (non-hydrogen) atoms. The fourth-order valence-corrected chi connectivity index (χ4v) is 2.98. The molecule has 0 aliphatic rings. The van der Waals surface area contributed by atoms with Crippen LogP contribution in [-0.4, -0.2) is 24.9 Å². The van der Waals surface area contributed by atoms with Crippen LogP contribution in [0.25, 0.3) is 22.4 Å². The van der Waals surface area contributed by atoms with E-state index in [1.165, 1.54) is 11.9 Å². The summed E-state index contributed by atoms with van der Waals surface area (Å²) in [6, 6.07) is 13.8. The first-order valence-corrected chi connectivity index (χ1v) is 9.28. The molecule has 0 unspecified atom stereocenters. The number of hydrogen-bond donors (Lipinski definition) is 2. The van der Waals surface area contributed by atoms with Crippen molar-refractivity contribution in [3.63, 3.8) is 0 Å². The lowest BCUT2D eigenvalue weighted by atomic mass is 10.0. The summed E-state index contributed by atoms with van der Waals surface area (Å²) >= 11 is 0. The largest absolute Gasteiger partial charge is 0.384 e. The highest BCUT2D eigenvalue weighted by atomic mass is 15.1. The van der Waals surface area contributed by atoms with Crippen LogP contribution in [0.5, 0.6) is 0 Å². The molecule has 3 aromatic heterocycles. The Hall–Kier alpha value is -3.87. The third kappa shape index (κ3) is 4.19. The van der Waals surface area contributed by atoms with Gasteiger partial charge in [0.2, 0.25) is 5.95 Å². The van der Waals surface area contributed by atoms with E-state index in [0.29, 0.717) is 11.8 Å². The molecule has 0 amide bonds. The lowest BCUT2D eigenvalue weighted by molar-refractivity contribution is 0.814. The topological polar surface area (TPSA) is 102 Å². The fraction of sp³-hybridized carbons (Fsp3) is 0.136. The van der Waals surface area contributed by atoms with Crippen molar-refractivity contribution in [2.24, 2.45) is 0 Å². The Balaban J connectivity index is 1.74. The van der Waals surface area contributed by atoms with Crippen molar-refractivity contribution < 1.29 is 0 Å². The first-order chi connectivity index (χ1) is 14.1. The number of nitrogen functional groups attached to an aromatic ring is 1. The molecular weight excluding hydrogens is 362 g/mol. The predicted molar refractivity (Wildman–Crippen MR) is 114 cm³/mol. The summed E-state index contributed by atoms with van der Waals surface area (Å²) in [5.74, 6) is 1.00. The normalized spacial score (nSPS) is 11.8. The highest BCUT2D eigenvalue weighted by Crippen LogP contribution is 2.31. The van der Waals surface area contributed by atoms with Gasteiger partial charge >= 0.3 is 0 Å². The summed E-state index contributed by atoms with van der Waals surface area (Å²) in [5.41, 5.74) is 11.4. The molecule has 0 aliphatic carbocycles. The third-order valence-corrected chi connectivity index (χ3v) is 4.61. The summed E-state index contributed by atoms with van der Waals surface area (Å²) < 4.78 is 0. The van der Waals surface area contributed by atoms with E-state index in [9.17, 15) is 0 Å². The van der Waals surface area contributed by atoms with Gasteiger partial charge in [0.05, 0.1) is 17.4 Å². The number of hydrogen-bond acceptors (Lipinski definition) is 7. The van der Waals surface area contributed by atoms with Crippen molar-refractivity contribution in [3.05, 3.63) is 78.6 Å². The molecule has 0 radical (unpaired) electrons. The second-order valence-corrected chi connectivity index (χ2v) is 6.79. The number of aryl methyl sites for hydroxylation is 1. The number of aromatic nitrogens is 5. The zero-order chi connectivity index (χ0) is 20.2. The van der Waals surface area contributed by atoms with Crippen molar-refractivity contribution >= 4 is 11.8 Å². The Morgan fingerprint density at radius 3 is 2.38 bits per heavy atom. The summed E-state index contributed by atoms with van der Waals surface area (Å²) in [6.45, 7) is 4.07. The van der Waals surface area contributed by atoms with Crippen LogP contribution in [0, 0.1) is 6.92 Å². The zero-order valence-electron chi connectivity index (χ0n) is 16.2. The summed E-state index contributed by atoms with van der Waals surface area (Å²) in [7, 11) is 0. The smallest absolute Gasteiger partial charge is 0.223 e. The van der Waals surface area contributed by atoms with Crippen molar-refractivity contribution in [3.8, 4) is 22.4 Å². The highest BCUT2D eigenvalue weighted by molar-refractivity contribution is 5.80. The zero-order valence-corrected chi connectivity index (χ0v) is 16.2. The molecule has 1 aromatic carbocycles. The molecule has 144 valence electrons. The Kier molecular flexibility index (Phi) is 5.11. The van der Waals surface area contributed by atoms with Crippen LogP contribution in [0.1, 0.15) is 24.2 Å². The van der Waals surface area contributed by atoms with Crippen LogP contribution in [0.2, 0.25) is 0 Å². The minimum Gasteiger partial charge on any atom is -0.384 e. The van der Waals surface area contributed by atoms with Crippen molar-refractivity contribution in [1.82, 2.24) is 24.9 Å². The van der Waals surface area contributed by atoms with Crippen LogP contribution in [0.15, 0.2) is 67.4 Å². The van der Waals surface area contributed by atoms with Crippen LogP contribution in [0.3, 0.4) is 0 Å². The van der Waals surface area contributed by atoms with E-state index in [1.54, 1.807) is 18.5 Å². The quantitative estimate of drug-likeness (QED) is 0.536. The average Bonchev–Trinajstić information content (AvgIpc) is 2.75. The molecule has 7 heteroatoms. The summed E-state index contributed by atoms with van der Waals surface area (Å²) in [5, 5.41) is 3.32. The van der Waals surface area contributed by atoms with Crippen molar-refractivity contribution in [1.29, 1.82) is 0 Å². The molecule has 0 fully saturated rings. The number of pyridine rings is 1. The minimum absolute atomic E-state index is 0.0621. The van der Waals surface area contributed by atoms with Gasteiger partial charge in [-0.25, -0.2) is 24.9 Å². The van der Waals surface area contributed by atoms with E-state index in [0.717, 1.165) is 28.1 Å². The van der Waals surface area contributed by atoms with Crippen molar-refractivity contribution in [2.75, 3.05) is 11.1 Å². The molecule has 3 N–H and O–H groups in total. The molecule has 0 saturated heterocycles. The lowest BCUT2D eigenvalue weighted by Crippen LogP contribution is -2.11. The number of nitrogens with zero attached hydrogens (tertiary/aromatic N) is 5. The molecule has 0 saturated carbocycles. The van der Waals surface area contributed by atoms with E-state index < -0.39 is 0 Å². The van der Waals surface area contributed by atoms with Gasteiger partial charge in [0.15, 0.2) is 0 Å². The van der Waals surface area contributed by atoms with Crippen LogP contribution in [0.4, 0.5) is 11.8 Å². The maximum atomic E-state index is 5.74. The molecule has 0 bridgehead atoms. The maximum absolute atomic E-state index is 5.74. The molecule has 4 rings (SSSR count). The van der Waals surface area contributed by atoms with Crippen LogP contribution < -0.4 is 11.1 Å². The summed E-state index contributed by atoms with van der Waals surface area (Å²) in [4.78, 5) is 21.8. The van der Waals surface area contributed by atoms with Gasteiger partial charge in [0.1, 0.15) is 12.1 Å². The highest BCUT2D eigenvalue weighted by Gasteiger charge is 2.14. The number of nitrogens with one attached hydrogen (secondary N) is 1. The minimum atomic E-state index is -0.0621. The van der Waals surface area contributed by atoms with E-state index in [-0.39, 0.29) is 6.04 Å². The Morgan fingerprint density at radius 2 is 1.69 bits per heavy atom. The number of benzene rings is 1. The van der Waals surface area contributed by atoms with E-state index >= 15 is 0 Å². The van der Waals surface area contributed by atoms with Gasteiger partial charge in [-0.15, -0.1) is 0 Å². The molecule has 1 atom stereocenters. The van der Waals surface area contributed by atoms with Gasteiger partial charge in [0, 0.05) is 35.3 Å². The molecule has 3 heterocycles. The van der Waals surface area contributed by atoms with Gasteiger partial charge in [-0.05, 0) is 32.0 Å². The molecular formula is C22H21N7. The first kappa shape index (κ1) is 18.5. The molecule has 0 aliphatic heterocycles. The fourth-order valence-electron chi connectivity index (χ4n) is 2.98. The van der Waals surface area contributed by atoms with E-state index in [2.05, 4.69) is 56.4 Å². The molecule has 7 nitrogen and oxygen atoms in total. The third-order valence-electron chi connectivity index (χ3n) is 4.61. The number of anilines is 2. The monoisotopic (exact) mass is 383 g/mol. The Labute approximate surface area is 169 Å². The van der Waals surface area contributed by atoms with Gasteiger partial charge in [-0.3, -0.25) is 0 Å². The van der Waals surface area contributed by atoms with Gasteiger partial charge in [0.25, 0.3) is 0 Å². The van der Waals surface area contributed by atoms with E-state index in [1.807, 2.05) is 25.3 Å². The van der Waals surface area contributed by atoms with Gasteiger partial charge in [-0.1, -0.05) is 29.8 Å². The SMILES string of the molecule is Cc1ccc(-c2nc(N[C@H](C)c3ccncn3)ncc2-c2ccc(N)nc2)cc1. The van der Waals surface area contributed by atoms with Gasteiger partial charge < -0.3 is 11.1 Å². The van der Waals surface area contributed by atoms with Gasteiger partial charge in [-0.2, -0.15) is 0 Å². The predicted octanol–water partition coefficient (Wildman–Crippen LogP) is 4.06. The Bertz CT molecular complexity index is 1090. The lowest BCUT2D eigenvalue weighted by Gasteiger charge is -2.15. The average molecular weight is 383 g/mol. The van der Waals surface area contributed by atoms with E-state index in [4.69, 9.17) is 10.7 Å². The summed E-state index contributed by atoms with van der Waals surface area (Å²) in [6.07, 6.45) is 6.80. The number of nitrogens with two attached hydrogens (primary N) is 1. The van der Waals surface area contributed by atoms with Crippen LogP contribution in [-0.2, 0) is 0 Å².